The van der Waals surface area contributed by atoms with Crippen LogP contribution in [0.15, 0.2) is 48.5 Å². The summed E-state index contributed by atoms with van der Waals surface area (Å²) in [6.07, 6.45) is 0.445. The Morgan fingerprint density at radius 3 is 2.52 bits per heavy atom. The summed E-state index contributed by atoms with van der Waals surface area (Å²) in [5.74, 6) is -1.04. The second-order valence-electron chi connectivity index (χ2n) is 6.88. The number of esters is 1. The van der Waals surface area contributed by atoms with Gasteiger partial charge in [-0.2, -0.15) is 0 Å². The topological polar surface area (TPSA) is 92.8 Å². The van der Waals surface area contributed by atoms with Gasteiger partial charge in [0.1, 0.15) is 0 Å². The summed E-state index contributed by atoms with van der Waals surface area (Å²) in [7, 11) is -3.34. The van der Waals surface area contributed by atoms with E-state index in [1.165, 1.54) is 23.4 Å². The minimum absolute atomic E-state index is 0.0954. The fraction of sp³-hybridized carbons (Fsp3) is 0.333. The van der Waals surface area contributed by atoms with Gasteiger partial charge >= 0.3 is 5.97 Å². The highest BCUT2D eigenvalue weighted by Crippen LogP contribution is 2.25. The van der Waals surface area contributed by atoms with Crippen molar-refractivity contribution in [1.29, 1.82) is 0 Å². The number of benzene rings is 2. The normalized spacial score (nSPS) is 16.3. The van der Waals surface area contributed by atoms with Crippen LogP contribution >= 0.6 is 0 Å². The first-order valence-electron chi connectivity index (χ1n) is 9.51. The first-order valence-corrected chi connectivity index (χ1v) is 11.1. The van der Waals surface area contributed by atoms with E-state index >= 15 is 0 Å². The number of nitrogens with zero attached hydrogens (tertiary/aromatic N) is 1. The summed E-state index contributed by atoms with van der Waals surface area (Å²) in [5, 5.41) is 2.71. The Labute approximate surface area is 170 Å². The number of rotatable bonds is 6. The van der Waals surface area contributed by atoms with Gasteiger partial charge in [-0.3, -0.25) is 9.10 Å². The summed E-state index contributed by atoms with van der Waals surface area (Å²) < 4.78 is 30.7. The van der Waals surface area contributed by atoms with Gasteiger partial charge in [-0.25, -0.2) is 13.2 Å². The van der Waals surface area contributed by atoms with Crippen molar-refractivity contribution in [1.82, 2.24) is 0 Å². The van der Waals surface area contributed by atoms with Crippen LogP contribution in [0.4, 0.5) is 11.4 Å². The first kappa shape index (κ1) is 20.9. The predicted molar refractivity (Wildman–Crippen MR) is 112 cm³/mol. The molecule has 7 nitrogen and oxygen atoms in total. The molecule has 1 unspecified atom stereocenters. The number of carbonyl (C=O) groups excluding carboxylic acids is 2. The van der Waals surface area contributed by atoms with Crippen molar-refractivity contribution in [2.24, 2.45) is 0 Å². The Balaban J connectivity index is 1.64. The van der Waals surface area contributed by atoms with Gasteiger partial charge in [-0.05, 0) is 55.7 Å². The number of nitrogens with one attached hydrogen (secondary N) is 1. The van der Waals surface area contributed by atoms with Gasteiger partial charge in [-0.15, -0.1) is 0 Å². The summed E-state index contributed by atoms with van der Waals surface area (Å²) in [6.45, 7) is 3.92. The van der Waals surface area contributed by atoms with E-state index < -0.39 is 28.0 Å². The highest BCUT2D eigenvalue weighted by Gasteiger charge is 2.29. The number of anilines is 2. The molecular weight excluding hydrogens is 392 g/mol. The third kappa shape index (κ3) is 4.95. The van der Waals surface area contributed by atoms with Crippen molar-refractivity contribution in [3.05, 3.63) is 59.7 Å². The lowest BCUT2D eigenvalue weighted by Gasteiger charge is -2.18. The van der Waals surface area contributed by atoms with Crippen LogP contribution in [0.1, 0.15) is 36.2 Å². The van der Waals surface area contributed by atoms with Gasteiger partial charge in [-0.1, -0.05) is 25.1 Å². The molecule has 2 aromatic rings. The van der Waals surface area contributed by atoms with Crippen LogP contribution in [-0.4, -0.2) is 38.7 Å². The molecule has 154 valence electrons. The zero-order chi connectivity index (χ0) is 21.0. The molecule has 0 radical (unpaired) electrons. The molecule has 0 spiro atoms. The molecule has 1 atom stereocenters. The third-order valence-corrected chi connectivity index (χ3v) is 6.62. The number of hydrogen-bond donors (Lipinski definition) is 1. The van der Waals surface area contributed by atoms with Gasteiger partial charge < -0.3 is 10.1 Å². The largest absolute Gasteiger partial charge is 0.449 e. The number of aryl methyl sites for hydroxylation is 1. The van der Waals surface area contributed by atoms with Crippen LogP contribution < -0.4 is 9.62 Å². The maximum absolute atomic E-state index is 12.5. The zero-order valence-electron chi connectivity index (χ0n) is 16.4. The van der Waals surface area contributed by atoms with Gasteiger partial charge in [0.05, 0.1) is 17.0 Å². The summed E-state index contributed by atoms with van der Waals surface area (Å²) >= 11 is 0. The van der Waals surface area contributed by atoms with E-state index in [0.717, 1.165) is 12.0 Å². The predicted octanol–water partition coefficient (Wildman–Crippen LogP) is 2.97. The molecule has 2 aromatic carbocycles. The first-order chi connectivity index (χ1) is 13.8. The molecule has 0 aliphatic carbocycles. The van der Waals surface area contributed by atoms with Crippen LogP contribution in [0.2, 0.25) is 0 Å². The number of sulfonamides is 1. The lowest BCUT2D eigenvalue weighted by molar-refractivity contribution is -0.123. The maximum Gasteiger partial charge on any atom is 0.338 e. The molecule has 8 heteroatoms. The molecule has 1 heterocycles. The molecule has 1 aliphatic heterocycles. The van der Waals surface area contributed by atoms with Crippen LogP contribution in [0.3, 0.4) is 0 Å². The van der Waals surface area contributed by atoms with Crippen molar-refractivity contribution >= 4 is 33.3 Å². The highest BCUT2D eigenvalue weighted by molar-refractivity contribution is 7.93. The fourth-order valence-corrected chi connectivity index (χ4v) is 4.62. The van der Waals surface area contributed by atoms with Crippen molar-refractivity contribution < 1.29 is 22.7 Å². The smallest absolute Gasteiger partial charge is 0.338 e. The average molecular weight is 416 g/mol. The second-order valence-corrected chi connectivity index (χ2v) is 8.89. The van der Waals surface area contributed by atoms with E-state index in [0.29, 0.717) is 24.3 Å². The zero-order valence-corrected chi connectivity index (χ0v) is 17.2. The van der Waals surface area contributed by atoms with Crippen LogP contribution in [0.5, 0.6) is 0 Å². The van der Waals surface area contributed by atoms with E-state index in [9.17, 15) is 18.0 Å². The summed E-state index contributed by atoms with van der Waals surface area (Å²) in [6, 6.07) is 13.7. The van der Waals surface area contributed by atoms with E-state index in [2.05, 4.69) is 5.32 Å². The summed E-state index contributed by atoms with van der Waals surface area (Å²) in [4.78, 5) is 24.8. The minimum atomic E-state index is -3.34. The Bertz CT molecular complexity index is 1000. The van der Waals surface area contributed by atoms with Gasteiger partial charge in [0.25, 0.3) is 5.91 Å². The molecule has 1 saturated heterocycles. The molecule has 1 fully saturated rings. The van der Waals surface area contributed by atoms with E-state index in [1.807, 2.05) is 19.1 Å². The van der Waals surface area contributed by atoms with Crippen molar-refractivity contribution in [3.63, 3.8) is 0 Å². The van der Waals surface area contributed by atoms with Gasteiger partial charge in [0, 0.05) is 12.2 Å². The molecule has 0 saturated carbocycles. The Morgan fingerprint density at radius 1 is 1.17 bits per heavy atom. The highest BCUT2D eigenvalue weighted by atomic mass is 32.2. The van der Waals surface area contributed by atoms with E-state index in [4.69, 9.17) is 4.74 Å². The lowest BCUT2D eigenvalue weighted by atomic mass is 10.1. The SMILES string of the molecule is CCc1ccc(NC(=O)C(C)OC(=O)c2cccc(N3CCCS3(=O)=O)c2)cc1. The number of ether oxygens (including phenoxy) is 1. The third-order valence-electron chi connectivity index (χ3n) is 4.75. The molecule has 3 rings (SSSR count). The Kier molecular flexibility index (Phi) is 6.22. The standard InChI is InChI=1S/C21H24N2O5S/c1-3-16-8-10-18(11-9-16)22-20(24)15(2)28-21(25)17-6-4-7-19(14-17)23-12-5-13-29(23,26)27/h4,6-11,14-15H,3,5,12-13H2,1-2H3,(H,22,24). The second kappa shape index (κ2) is 8.65. The maximum atomic E-state index is 12.5. The molecule has 0 aromatic heterocycles. The average Bonchev–Trinajstić information content (AvgIpc) is 3.07. The quantitative estimate of drug-likeness (QED) is 0.731. The number of carbonyl (C=O) groups is 2. The van der Waals surface area contributed by atoms with Gasteiger partial charge in [0.15, 0.2) is 6.10 Å². The fourth-order valence-electron chi connectivity index (χ4n) is 3.07. The van der Waals surface area contributed by atoms with Crippen molar-refractivity contribution in [2.45, 2.75) is 32.8 Å². The molecule has 0 bridgehead atoms. The summed E-state index contributed by atoms with van der Waals surface area (Å²) in [5.41, 5.74) is 2.39. The number of amides is 1. The molecule has 29 heavy (non-hydrogen) atoms. The van der Waals surface area contributed by atoms with Crippen LogP contribution in [0.25, 0.3) is 0 Å². The van der Waals surface area contributed by atoms with Gasteiger partial charge in [0.2, 0.25) is 10.0 Å². The molecule has 1 amide bonds. The number of hydrogen-bond acceptors (Lipinski definition) is 5. The molecule has 1 aliphatic rings. The Morgan fingerprint density at radius 2 is 1.90 bits per heavy atom. The molecular formula is C21H24N2O5S. The van der Waals surface area contributed by atoms with Crippen LogP contribution in [0, 0.1) is 0 Å². The molecule has 1 N–H and O–H groups in total. The van der Waals surface area contributed by atoms with Crippen molar-refractivity contribution in [3.8, 4) is 0 Å². The van der Waals surface area contributed by atoms with E-state index in [1.54, 1.807) is 24.3 Å². The minimum Gasteiger partial charge on any atom is -0.449 e. The van der Waals surface area contributed by atoms with Crippen LogP contribution in [-0.2, 0) is 26.0 Å². The lowest BCUT2D eigenvalue weighted by Crippen LogP contribution is -2.30. The Hall–Kier alpha value is -2.87. The monoisotopic (exact) mass is 416 g/mol. The van der Waals surface area contributed by atoms with E-state index in [-0.39, 0.29) is 11.3 Å². The van der Waals surface area contributed by atoms with Crippen molar-refractivity contribution in [2.75, 3.05) is 21.9 Å².